The molecule has 3 heterocycles. The third kappa shape index (κ3) is 4.52. The van der Waals surface area contributed by atoms with Gasteiger partial charge in [-0.1, -0.05) is 49.3 Å². The summed E-state index contributed by atoms with van der Waals surface area (Å²) in [5, 5.41) is 7.71. The molecule has 4 rings (SSSR count). The summed E-state index contributed by atoms with van der Waals surface area (Å²) in [5.74, 6) is 0.437. The first-order chi connectivity index (χ1) is 14.5. The fraction of sp³-hybridized carbons (Fsp3) is 0.435. The first-order valence-corrected chi connectivity index (χ1v) is 10.5. The first kappa shape index (κ1) is 20.5. The van der Waals surface area contributed by atoms with Crippen molar-refractivity contribution in [2.75, 3.05) is 32.8 Å². The van der Waals surface area contributed by atoms with E-state index in [1.54, 1.807) is 0 Å². The summed E-state index contributed by atoms with van der Waals surface area (Å²) in [7, 11) is 0. The van der Waals surface area contributed by atoms with Crippen LogP contribution in [0.2, 0.25) is 0 Å². The molecule has 1 aliphatic heterocycles. The van der Waals surface area contributed by atoms with E-state index in [0.29, 0.717) is 47.1 Å². The van der Waals surface area contributed by atoms with Gasteiger partial charge < -0.3 is 14.6 Å². The molecule has 1 saturated heterocycles. The molecule has 1 aromatic carbocycles. The highest BCUT2D eigenvalue weighted by Crippen LogP contribution is 2.27. The number of nitrogens with zero attached hydrogens (tertiary/aromatic N) is 3. The molecule has 0 radical (unpaired) electrons. The third-order valence-corrected chi connectivity index (χ3v) is 5.27. The van der Waals surface area contributed by atoms with E-state index in [9.17, 15) is 4.79 Å². The zero-order valence-corrected chi connectivity index (χ0v) is 17.7. The maximum Gasteiger partial charge on any atom is 0.259 e. The van der Waals surface area contributed by atoms with Crippen LogP contribution in [0.1, 0.15) is 29.9 Å². The lowest BCUT2D eigenvalue weighted by atomic mass is 10.0. The molecule has 30 heavy (non-hydrogen) atoms. The molecule has 1 atom stereocenters. The molecule has 1 amide bonds. The van der Waals surface area contributed by atoms with Crippen LogP contribution >= 0.6 is 0 Å². The van der Waals surface area contributed by atoms with Crippen LogP contribution in [-0.4, -0.2) is 59.8 Å². The van der Waals surface area contributed by atoms with Gasteiger partial charge >= 0.3 is 0 Å². The molecule has 7 nitrogen and oxygen atoms in total. The SMILES string of the molecule is Cc1noc2nc(-c3ccccc3)cc(C(=O)NCC3CN(CC(C)C)CCO3)c12. The summed E-state index contributed by atoms with van der Waals surface area (Å²) in [6, 6.07) is 11.5. The lowest BCUT2D eigenvalue weighted by molar-refractivity contribution is -0.0295. The van der Waals surface area contributed by atoms with Crippen LogP contribution in [0.25, 0.3) is 22.4 Å². The van der Waals surface area contributed by atoms with E-state index in [0.717, 1.165) is 25.2 Å². The summed E-state index contributed by atoms with van der Waals surface area (Å²) in [6.07, 6.45) is -0.0176. The molecule has 158 valence electrons. The maximum absolute atomic E-state index is 13.1. The van der Waals surface area contributed by atoms with Gasteiger partial charge in [0.25, 0.3) is 11.6 Å². The van der Waals surface area contributed by atoms with E-state index < -0.39 is 0 Å². The van der Waals surface area contributed by atoms with Gasteiger partial charge in [0.1, 0.15) is 0 Å². The summed E-state index contributed by atoms with van der Waals surface area (Å²) < 4.78 is 11.2. The van der Waals surface area contributed by atoms with Crippen molar-refractivity contribution in [1.29, 1.82) is 0 Å². The van der Waals surface area contributed by atoms with Crippen LogP contribution in [0.15, 0.2) is 40.9 Å². The van der Waals surface area contributed by atoms with E-state index in [2.05, 4.69) is 34.2 Å². The number of carbonyl (C=O) groups is 1. The molecule has 1 N–H and O–H groups in total. The number of rotatable bonds is 6. The van der Waals surface area contributed by atoms with Crippen molar-refractivity contribution < 1.29 is 14.1 Å². The zero-order chi connectivity index (χ0) is 21.1. The molecular formula is C23H28N4O3. The summed E-state index contributed by atoms with van der Waals surface area (Å²) in [4.78, 5) is 20.1. The minimum atomic E-state index is -0.171. The van der Waals surface area contributed by atoms with E-state index in [1.165, 1.54) is 0 Å². The molecule has 1 fully saturated rings. The van der Waals surface area contributed by atoms with Gasteiger partial charge in [0.05, 0.1) is 35.0 Å². The Bertz CT molecular complexity index is 1020. The molecular weight excluding hydrogens is 380 g/mol. The van der Waals surface area contributed by atoms with Gasteiger partial charge in [-0.15, -0.1) is 0 Å². The number of pyridine rings is 1. The Kier molecular flexibility index (Phi) is 6.11. The quantitative estimate of drug-likeness (QED) is 0.674. The van der Waals surface area contributed by atoms with Crippen molar-refractivity contribution in [2.45, 2.75) is 26.9 Å². The van der Waals surface area contributed by atoms with Crippen molar-refractivity contribution in [3.05, 3.63) is 47.7 Å². The number of morpholine rings is 1. The molecule has 0 spiro atoms. The maximum atomic E-state index is 13.1. The summed E-state index contributed by atoms with van der Waals surface area (Å²) in [5.41, 5.74) is 3.15. The van der Waals surface area contributed by atoms with Gasteiger partial charge in [-0.25, -0.2) is 4.98 Å². The van der Waals surface area contributed by atoms with Crippen molar-refractivity contribution in [2.24, 2.45) is 5.92 Å². The smallest absolute Gasteiger partial charge is 0.259 e. The molecule has 0 saturated carbocycles. The minimum absolute atomic E-state index is 0.0176. The number of ether oxygens (including phenoxy) is 1. The molecule has 3 aromatic rings. The summed E-state index contributed by atoms with van der Waals surface area (Å²) >= 11 is 0. The number of benzene rings is 1. The van der Waals surface area contributed by atoms with Gasteiger partial charge in [0.15, 0.2) is 0 Å². The lowest BCUT2D eigenvalue weighted by Crippen LogP contribution is -2.48. The van der Waals surface area contributed by atoms with Crippen molar-refractivity contribution >= 4 is 17.0 Å². The van der Waals surface area contributed by atoms with Gasteiger partial charge in [-0.3, -0.25) is 9.69 Å². The number of aromatic nitrogens is 2. The Labute approximate surface area is 176 Å². The number of amides is 1. The van der Waals surface area contributed by atoms with Gasteiger partial charge in [-0.2, -0.15) is 0 Å². The van der Waals surface area contributed by atoms with Crippen LogP contribution in [0, 0.1) is 12.8 Å². The topological polar surface area (TPSA) is 80.5 Å². The highest BCUT2D eigenvalue weighted by molar-refractivity contribution is 6.07. The Balaban J connectivity index is 1.53. The predicted octanol–water partition coefficient (Wildman–Crippen LogP) is 3.28. The van der Waals surface area contributed by atoms with E-state index in [-0.39, 0.29) is 12.0 Å². The number of hydrogen-bond acceptors (Lipinski definition) is 6. The fourth-order valence-corrected chi connectivity index (χ4v) is 3.92. The Morgan fingerprint density at radius 3 is 2.87 bits per heavy atom. The average Bonchev–Trinajstić information content (AvgIpc) is 3.12. The van der Waals surface area contributed by atoms with Crippen LogP contribution in [0.4, 0.5) is 0 Å². The van der Waals surface area contributed by atoms with Crippen LogP contribution in [0.5, 0.6) is 0 Å². The van der Waals surface area contributed by atoms with Gasteiger partial charge in [0, 0.05) is 31.7 Å². The van der Waals surface area contributed by atoms with Crippen LogP contribution < -0.4 is 5.32 Å². The van der Waals surface area contributed by atoms with E-state index in [1.807, 2.05) is 43.3 Å². The van der Waals surface area contributed by atoms with E-state index >= 15 is 0 Å². The highest BCUT2D eigenvalue weighted by atomic mass is 16.5. The second-order valence-electron chi connectivity index (χ2n) is 8.23. The van der Waals surface area contributed by atoms with Crippen molar-refractivity contribution in [1.82, 2.24) is 20.4 Å². The zero-order valence-electron chi connectivity index (χ0n) is 17.7. The second-order valence-corrected chi connectivity index (χ2v) is 8.23. The standard InChI is InChI=1S/C23H28N4O3/c1-15(2)13-27-9-10-29-18(14-27)12-24-22(28)19-11-20(17-7-5-4-6-8-17)25-23-21(19)16(3)26-30-23/h4-8,11,15,18H,9-10,12-14H2,1-3H3,(H,24,28). The average molecular weight is 409 g/mol. The largest absolute Gasteiger partial charge is 0.374 e. The third-order valence-electron chi connectivity index (χ3n) is 5.27. The fourth-order valence-electron chi connectivity index (χ4n) is 3.92. The van der Waals surface area contributed by atoms with Crippen LogP contribution in [0.3, 0.4) is 0 Å². The van der Waals surface area contributed by atoms with Gasteiger partial charge in [-0.05, 0) is 18.9 Å². The number of hydrogen-bond donors (Lipinski definition) is 1. The number of carbonyl (C=O) groups excluding carboxylic acids is 1. The van der Waals surface area contributed by atoms with Crippen molar-refractivity contribution in [3.63, 3.8) is 0 Å². The Hall–Kier alpha value is -2.77. The number of aryl methyl sites for hydroxylation is 1. The number of fused-ring (bicyclic) bond motifs is 1. The molecule has 7 heteroatoms. The van der Waals surface area contributed by atoms with Crippen LogP contribution in [-0.2, 0) is 4.74 Å². The lowest BCUT2D eigenvalue weighted by Gasteiger charge is -2.33. The monoisotopic (exact) mass is 408 g/mol. The summed E-state index contributed by atoms with van der Waals surface area (Å²) in [6.45, 7) is 10.2. The van der Waals surface area contributed by atoms with Gasteiger partial charge in [0.2, 0.25) is 0 Å². The normalized spacial score (nSPS) is 17.5. The number of nitrogens with one attached hydrogen (secondary N) is 1. The Morgan fingerprint density at radius 1 is 1.30 bits per heavy atom. The minimum Gasteiger partial charge on any atom is -0.374 e. The highest BCUT2D eigenvalue weighted by Gasteiger charge is 2.23. The molecule has 1 unspecified atom stereocenters. The molecule has 1 aliphatic rings. The molecule has 2 aromatic heterocycles. The second kappa shape index (κ2) is 8.93. The molecule has 0 bridgehead atoms. The predicted molar refractivity (Wildman–Crippen MR) is 115 cm³/mol. The van der Waals surface area contributed by atoms with Crippen molar-refractivity contribution in [3.8, 4) is 11.3 Å². The molecule has 0 aliphatic carbocycles. The van der Waals surface area contributed by atoms with E-state index in [4.69, 9.17) is 9.26 Å². The Morgan fingerprint density at radius 2 is 2.10 bits per heavy atom. The first-order valence-electron chi connectivity index (χ1n) is 10.5.